The standard InChI is InChI=1S/C17H19BrN2O2/c1-3-22-15-7-4-13(5-8-15)19-11-17(21)20-14-6-9-16(18)12(2)10-14/h4-10,19H,3,11H2,1-2H3,(H,20,21). The fourth-order valence-corrected chi connectivity index (χ4v) is 2.19. The molecule has 0 bridgehead atoms. The number of nitrogens with one attached hydrogen (secondary N) is 2. The molecule has 0 aliphatic heterocycles. The average molecular weight is 363 g/mol. The molecule has 22 heavy (non-hydrogen) atoms. The van der Waals surface area contributed by atoms with Gasteiger partial charge < -0.3 is 15.4 Å². The summed E-state index contributed by atoms with van der Waals surface area (Å²) in [5, 5.41) is 5.95. The van der Waals surface area contributed by atoms with E-state index in [9.17, 15) is 4.79 Å². The minimum atomic E-state index is -0.0874. The molecular formula is C17H19BrN2O2. The molecule has 5 heteroatoms. The van der Waals surface area contributed by atoms with Gasteiger partial charge in [0.15, 0.2) is 0 Å². The van der Waals surface area contributed by atoms with Crippen molar-refractivity contribution in [2.45, 2.75) is 13.8 Å². The first-order chi connectivity index (χ1) is 10.6. The Morgan fingerprint density at radius 3 is 2.45 bits per heavy atom. The summed E-state index contributed by atoms with van der Waals surface area (Å²) >= 11 is 3.44. The summed E-state index contributed by atoms with van der Waals surface area (Å²) in [6.45, 7) is 4.78. The highest BCUT2D eigenvalue weighted by Crippen LogP contribution is 2.20. The molecule has 2 aromatic rings. The van der Waals surface area contributed by atoms with Crippen LogP contribution in [0.2, 0.25) is 0 Å². The number of rotatable bonds is 6. The van der Waals surface area contributed by atoms with Crippen LogP contribution in [-0.2, 0) is 4.79 Å². The topological polar surface area (TPSA) is 50.4 Å². The van der Waals surface area contributed by atoms with Gasteiger partial charge in [-0.2, -0.15) is 0 Å². The van der Waals surface area contributed by atoms with Crippen LogP contribution in [0.15, 0.2) is 46.9 Å². The molecule has 0 aliphatic rings. The largest absolute Gasteiger partial charge is 0.494 e. The van der Waals surface area contributed by atoms with Crippen LogP contribution in [0, 0.1) is 6.92 Å². The van der Waals surface area contributed by atoms with Gasteiger partial charge in [-0.05, 0) is 61.9 Å². The summed E-state index contributed by atoms with van der Waals surface area (Å²) in [5.74, 6) is 0.735. The minimum Gasteiger partial charge on any atom is -0.494 e. The van der Waals surface area contributed by atoms with Gasteiger partial charge in [-0.15, -0.1) is 0 Å². The molecule has 0 spiro atoms. The van der Waals surface area contributed by atoms with Crippen molar-refractivity contribution < 1.29 is 9.53 Å². The molecular weight excluding hydrogens is 344 g/mol. The van der Waals surface area contributed by atoms with E-state index < -0.39 is 0 Å². The SMILES string of the molecule is CCOc1ccc(NCC(=O)Nc2ccc(Br)c(C)c2)cc1. The van der Waals surface area contributed by atoms with Crippen LogP contribution >= 0.6 is 15.9 Å². The van der Waals surface area contributed by atoms with E-state index in [1.165, 1.54) is 0 Å². The van der Waals surface area contributed by atoms with Crippen LogP contribution in [0.3, 0.4) is 0 Å². The predicted molar refractivity (Wildman–Crippen MR) is 93.6 cm³/mol. The third-order valence-corrected chi connectivity index (χ3v) is 3.95. The lowest BCUT2D eigenvalue weighted by atomic mass is 10.2. The van der Waals surface area contributed by atoms with Crippen molar-refractivity contribution in [3.63, 3.8) is 0 Å². The number of carbonyl (C=O) groups excluding carboxylic acids is 1. The van der Waals surface area contributed by atoms with Crippen molar-refractivity contribution in [1.82, 2.24) is 0 Å². The highest BCUT2D eigenvalue weighted by Gasteiger charge is 2.04. The molecule has 1 amide bonds. The molecule has 116 valence electrons. The minimum absolute atomic E-state index is 0.0874. The van der Waals surface area contributed by atoms with Crippen LogP contribution in [0.25, 0.3) is 0 Å². The highest BCUT2D eigenvalue weighted by atomic mass is 79.9. The Bertz CT molecular complexity index is 642. The molecule has 2 N–H and O–H groups in total. The normalized spacial score (nSPS) is 10.1. The molecule has 4 nitrogen and oxygen atoms in total. The molecule has 0 saturated carbocycles. The molecule has 0 radical (unpaired) electrons. The van der Waals surface area contributed by atoms with Crippen LogP contribution in [0.5, 0.6) is 5.75 Å². The monoisotopic (exact) mass is 362 g/mol. The van der Waals surface area contributed by atoms with Gasteiger partial charge >= 0.3 is 0 Å². The second-order valence-electron chi connectivity index (χ2n) is 4.82. The predicted octanol–water partition coefficient (Wildman–Crippen LogP) is 4.21. The summed E-state index contributed by atoms with van der Waals surface area (Å²) in [7, 11) is 0. The first-order valence-electron chi connectivity index (χ1n) is 7.11. The number of amides is 1. The molecule has 2 rings (SSSR count). The Hall–Kier alpha value is -2.01. The van der Waals surface area contributed by atoms with Crippen molar-refractivity contribution >= 4 is 33.2 Å². The number of anilines is 2. The Morgan fingerprint density at radius 1 is 1.14 bits per heavy atom. The third-order valence-electron chi connectivity index (χ3n) is 3.06. The van der Waals surface area contributed by atoms with Gasteiger partial charge in [0.25, 0.3) is 0 Å². The van der Waals surface area contributed by atoms with Gasteiger partial charge in [0, 0.05) is 15.8 Å². The molecule has 0 heterocycles. The number of hydrogen-bond donors (Lipinski definition) is 2. The maximum atomic E-state index is 11.9. The zero-order chi connectivity index (χ0) is 15.9. The average Bonchev–Trinajstić information content (AvgIpc) is 2.51. The number of ether oxygens (including phenoxy) is 1. The van der Waals surface area contributed by atoms with Crippen LogP contribution < -0.4 is 15.4 Å². The van der Waals surface area contributed by atoms with Crippen molar-refractivity contribution in [2.24, 2.45) is 0 Å². The van der Waals surface area contributed by atoms with E-state index in [0.717, 1.165) is 27.2 Å². The number of aryl methyl sites for hydroxylation is 1. The van der Waals surface area contributed by atoms with Gasteiger partial charge in [0.1, 0.15) is 5.75 Å². The van der Waals surface area contributed by atoms with E-state index in [0.29, 0.717) is 6.61 Å². The zero-order valence-corrected chi connectivity index (χ0v) is 14.2. The van der Waals surface area contributed by atoms with E-state index in [-0.39, 0.29) is 12.5 Å². The quantitative estimate of drug-likeness (QED) is 0.809. The second-order valence-corrected chi connectivity index (χ2v) is 5.68. The molecule has 2 aromatic carbocycles. The van der Waals surface area contributed by atoms with Crippen LogP contribution in [0.4, 0.5) is 11.4 Å². The first kappa shape index (κ1) is 16.4. The summed E-state index contributed by atoms with van der Waals surface area (Å²) in [4.78, 5) is 11.9. The van der Waals surface area contributed by atoms with Gasteiger partial charge in [0.2, 0.25) is 5.91 Å². The second kappa shape index (κ2) is 7.84. The summed E-state index contributed by atoms with van der Waals surface area (Å²) in [5.41, 5.74) is 2.75. The summed E-state index contributed by atoms with van der Waals surface area (Å²) in [6.07, 6.45) is 0. The fourth-order valence-electron chi connectivity index (χ4n) is 1.95. The van der Waals surface area contributed by atoms with Crippen LogP contribution in [0.1, 0.15) is 12.5 Å². The smallest absolute Gasteiger partial charge is 0.243 e. The fraction of sp³-hybridized carbons (Fsp3) is 0.235. The molecule has 0 aliphatic carbocycles. The number of carbonyl (C=O) groups is 1. The van der Waals surface area contributed by atoms with Gasteiger partial charge in [-0.25, -0.2) is 0 Å². The molecule has 0 saturated heterocycles. The molecule has 0 atom stereocenters. The van der Waals surface area contributed by atoms with Gasteiger partial charge in [-0.3, -0.25) is 4.79 Å². The van der Waals surface area contributed by atoms with Crippen molar-refractivity contribution in [2.75, 3.05) is 23.8 Å². The summed E-state index contributed by atoms with van der Waals surface area (Å²) in [6, 6.07) is 13.3. The van der Waals surface area contributed by atoms with Crippen molar-refractivity contribution in [3.8, 4) is 5.75 Å². The summed E-state index contributed by atoms with van der Waals surface area (Å²) < 4.78 is 6.40. The van der Waals surface area contributed by atoms with E-state index in [1.54, 1.807) is 0 Å². The van der Waals surface area contributed by atoms with Crippen molar-refractivity contribution in [3.05, 3.63) is 52.5 Å². The maximum absolute atomic E-state index is 11.9. The van der Waals surface area contributed by atoms with Gasteiger partial charge in [0.05, 0.1) is 13.2 Å². The first-order valence-corrected chi connectivity index (χ1v) is 7.90. The molecule has 0 unspecified atom stereocenters. The number of halogens is 1. The van der Waals surface area contributed by atoms with Crippen molar-refractivity contribution in [1.29, 1.82) is 0 Å². The lowest BCUT2D eigenvalue weighted by Crippen LogP contribution is -2.21. The van der Waals surface area contributed by atoms with Gasteiger partial charge in [-0.1, -0.05) is 15.9 Å². The lowest BCUT2D eigenvalue weighted by Gasteiger charge is -2.09. The maximum Gasteiger partial charge on any atom is 0.243 e. The van der Waals surface area contributed by atoms with E-state index in [4.69, 9.17) is 4.74 Å². The zero-order valence-electron chi connectivity index (χ0n) is 12.7. The molecule has 0 aromatic heterocycles. The van der Waals surface area contributed by atoms with Crippen LogP contribution in [-0.4, -0.2) is 19.1 Å². The Morgan fingerprint density at radius 2 is 1.82 bits per heavy atom. The Balaban J connectivity index is 1.85. The number of hydrogen-bond acceptors (Lipinski definition) is 3. The Kier molecular flexibility index (Phi) is 5.83. The highest BCUT2D eigenvalue weighted by molar-refractivity contribution is 9.10. The third kappa shape index (κ3) is 4.77. The van der Waals surface area contributed by atoms with E-state index in [2.05, 4.69) is 26.6 Å². The Labute approximate surface area is 139 Å². The van der Waals surface area contributed by atoms with E-state index >= 15 is 0 Å². The molecule has 0 fully saturated rings. The number of benzene rings is 2. The van der Waals surface area contributed by atoms with E-state index in [1.807, 2.05) is 56.3 Å². The lowest BCUT2D eigenvalue weighted by molar-refractivity contribution is -0.114.